The van der Waals surface area contributed by atoms with Gasteiger partial charge in [0.1, 0.15) is 6.04 Å². The maximum atomic E-state index is 13.4. The van der Waals surface area contributed by atoms with E-state index in [4.69, 9.17) is 0 Å². The van der Waals surface area contributed by atoms with Crippen LogP contribution in [-0.2, 0) is 14.4 Å². The third-order valence-electron chi connectivity index (χ3n) is 6.30. The summed E-state index contributed by atoms with van der Waals surface area (Å²) in [6.07, 6.45) is 4.23. The van der Waals surface area contributed by atoms with Crippen LogP contribution >= 0.6 is 0 Å². The molecule has 1 aliphatic carbocycles. The standard InChI is InChI=1S/C23H31N3O4/c1-13-6-7-14(2)17(12-13)25-22(29)20-16-9-8-15(3)18(21(28)24-4)19(16)23(30)26(20)10-5-11-27/h6-9,12,15-16,18-20,27H,5,10-11H2,1-4H3,(H,24,28)(H,25,29)/t15-,16+,18-,19+,20+/m1/s1. The molecule has 0 bridgehead atoms. The summed E-state index contributed by atoms with van der Waals surface area (Å²) in [6.45, 7) is 5.99. The molecule has 1 aromatic carbocycles. The molecule has 1 heterocycles. The largest absolute Gasteiger partial charge is 0.396 e. The third-order valence-corrected chi connectivity index (χ3v) is 6.30. The van der Waals surface area contributed by atoms with Gasteiger partial charge in [0.15, 0.2) is 0 Å². The highest BCUT2D eigenvalue weighted by Crippen LogP contribution is 2.44. The molecule has 5 atom stereocenters. The van der Waals surface area contributed by atoms with Crippen molar-refractivity contribution in [2.45, 2.75) is 33.2 Å². The zero-order chi connectivity index (χ0) is 22.0. The first-order valence-corrected chi connectivity index (χ1v) is 10.5. The molecular weight excluding hydrogens is 382 g/mol. The molecule has 0 radical (unpaired) electrons. The number of hydrogen-bond acceptors (Lipinski definition) is 4. The average Bonchev–Trinajstić information content (AvgIpc) is 3.00. The van der Waals surface area contributed by atoms with Crippen molar-refractivity contribution < 1.29 is 19.5 Å². The fraction of sp³-hybridized carbons (Fsp3) is 0.522. The second-order valence-electron chi connectivity index (χ2n) is 8.35. The van der Waals surface area contributed by atoms with Crippen LogP contribution in [0.3, 0.4) is 0 Å². The van der Waals surface area contributed by atoms with E-state index in [1.165, 1.54) is 0 Å². The summed E-state index contributed by atoms with van der Waals surface area (Å²) in [6, 6.07) is 5.12. The molecule has 3 rings (SSSR count). The normalized spacial score (nSPS) is 27.7. The molecule has 1 aliphatic heterocycles. The number of carbonyl (C=O) groups is 3. The van der Waals surface area contributed by atoms with Crippen LogP contribution in [-0.4, -0.2) is 54.0 Å². The Hall–Kier alpha value is -2.67. The molecule has 162 valence electrons. The van der Waals surface area contributed by atoms with Gasteiger partial charge in [-0.05, 0) is 43.4 Å². The highest BCUT2D eigenvalue weighted by Gasteiger charge is 2.56. The van der Waals surface area contributed by atoms with Gasteiger partial charge in [-0.15, -0.1) is 0 Å². The van der Waals surface area contributed by atoms with E-state index in [2.05, 4.69) is 10.6 Å². The number of aliphatic hydroxyl groups excluding tert-OH is 1. The number of fused-ring (bicyclic) bond motifs is 1. The van der Waals surface area contributed by atoms with Gasteiger partial charge in [0.2, 0.25) is 17.7 Å². The molecule has 0 saturated carbocycles. The lowest BCUT2D eigenvalue weighted by molar-refractivity contribution is -0.140. The average molecular weight is 414 g/mol. The second-order valence-corrected chi connectivity index (χ2v) is 8.35. The quantitative estimate of drug-likeness (QED) is 0.618. The number of nitrogens with zero attached hydrogens (tertiary/aromatic N) is 1. The van der Waals surface area contributed by atoms with Crippen LogP contribution < -0.4 is 10.6 Å². The molecule has 30 heavy (non-hydrogen) atoms. The van der Waals surface area contributed by atoms with Crippen molar-refractivity contribution in [3.05, 3.63) is 41.5 Å². The number of amides is 3. The summed E-state index contributed by atoms with van der Waals surface area (Å²) in [7, 11) is 1.57. The minimum Gasteiger partial charge on any atom is -0.396 e. The molecular formula is C23H31N3O4. The van der Waals surface area contributed by atoms with Gasteiger partial charge in [-0.2, -0.15) is 0 Å². The monoisotopic (exact) mass is 413 g/mol. The highest BCUT2D eigenvalue weighted by molar-refractivity contribution is 6.02. The fourth-order valence-electron chi connectivity index (χ4n) is 4.72. The van der Waals surface area contributed by atoms with Crippen molar-refractivity contribution in [1.82, 2.24) is 10.2 Å². The molecule has 0 spiro atoms. The first kappa shape index (κ1) is 22.0. The Kier molecular flexibility index (Phi) is 6.61. The number of carbonyl (C=O) groups excluding carboxylic acids is 3. The smallest absolute Gasteiger partial charge is 0.247 e. The number of aliphatic hydroxyl groups is 1. The van der Waals surface area contributed by atoms with Crippen LogP contribution in [0.1, 0.15) is 24.5 Å². The minimum atomic E-state index is -0.718. The highest BCUT2D eigenvalue weighted by atomic mass is 16.3. The molecule has 1 fully saturated rings. The molecule has 7 heteroatoms. The van der Waals surface area contributed by atoms with Gasteiger partial charge in [0, 0.05) is 31.8 Å². The van der Waals surface area contributed by atoms with Gasteiger partial charge >= 0.3 is 0 Å². The third kappa shape index (κ3) is 3.99. The molecule has 2 aliphatic rings. The van der Waals surface area contributed by atoms with Crippen molar-refractivity contribution in [3.63, 3.8) is 0 Å². The van der Waals surface area contributed by atoms with Crippen molar-refractivity contribution >= 4 is 23.4 Å². The molecule has 3 amide bonds. The predicted molar refractivity (Wildman–Crippen MR) is 115 cm³/mol. The number of allylic oxidation sites excluding steroid dienone is 1. The Labute approximate surface area is 177 Å². The number of benzene rings is 1. The Morgan fingerprint density at radius 1 is 1.17 bits per heavy atom. The van der Waals surface area contributed by atoms with Crippen molar-refractivity contribution in [1.29, 1.82) is 0 Å². The second kappa shape index (κ2) is 9.00. The van der Waals surface area contributed by atoms with Crippen LogP contribution in [0, 0.1) is 37.5 Å². The van der Waals surface area contributed by atoms with Crippen LogP contribution in [0.25, 0.3) is 0 Å². The van der Waals surface area contributed by atoms with Crippen molar-refractivity contribution in [3.8, 4) is 0 Å². The summed E-state index contributed by atoms with van der Waals surface area (Å²) in [5.41, 5.74) is 2.68. The Morgan fingerprint density at radius 2 is 1.90 bits per heavy atom. The van der Waals surface area contributed by atoms with Gasteiger partial charge < -0.3 is 20.6 Å². The number of anilines is 1. The lowest BCUT2D eigenvalue weighted by Gasteiger charge is -2.32. The summed E-state index contributed by atoms with van der Waals surface area (Å²) in [4.78, 5) is 40.9. The molecule has 0 aromatic heterocycles. The molecule has 1 aromatic rings. The summed E-state index contributed by atoms with van der Waals surface area (Å²) in [5, 5.41) is 15.0. The lowest BCUT2D eigenvalue weighted by atomic mass is 9.70. The zero-order valence-electron chi connectivity index (χ0n) is 18.0. The van der Waals surface area contributed by atoms with Crippen molar-refractivity contribution in [2.24, 2.45) is 23.7 Å². The van der Waals surface area contributed by atoms with E-state index in [0.717, 1.165) is 11.1 Å². The molecule has 3 N–H and O–H groups in total. The van der Waals surface area contributed by atoms with Gasteiger partial charge in [0.25, 0.3) is 0 Å². The minimum absolute atomic E-state index is 0.0739. The number of aryl methyl sites for hydroxylation is 2. The maximum Gasteiger partial charge on any atom is 0.247 e. The van der Waals surface area contributed by atoms with E-state index < -0.39 is 17.9 Å². The van der Waals surface area contributed by atoms with E-state index in [9.17, 15) is 19.5 Å². The SMILES string of the molecule is CNC(=O)[C@H]1[C@H]2C(=O)N(CCCO)[C@H](C(=O)Nc3cc(C)ccc3C)[C@H]2C=C[C@H]1C. The first-order valence-electron chi connectivity index (χ1n) is 10.5. The van der Waals surface area contributed by atoms with E-state index >= 15 is 0 Å². The molecule has 7 nitrogen and oxygen atoms in total. The fourth-order valence-corrected chi connectivity index (χ4v) is 4.72. The Morgan fingerprint density at radius 3 is 2.57 bits per heavy atom. The molecule has 1 saturated heterocycles. The summed E-state index contributed by atoms with van der Waals surface area (Å²) < 4.78 is 0. The number of hydrogen-bond donors (Lipinski definition) is 3. The van der Waals surface area contributed by atoms with Gasteiger partial charge in [-0.1, -0.05) is 31.2 Å². The first-order chi connectivity index (χ1) is 14.3. The van der Waals surface area contributed by atoms with Crippen molar-refractivity contribution in [2.75, 3.05) is 25.5 Å². The van der Waals surface area contributed by atoms with E-state index in [1.807, 2.05) is 51.1 Å². The van der Waals surface area contributed by atoms with Gasteiger partial charge in [-0.3, -0.25) is 14.4 Å². The Balaban J connectivity index is 1.96. The van der Waals surface area contributed by atoms with Crippen LogP contribution in [0.2, 0.25) is 0 Å². The topological polar surface area (TPSA) is 98.7 Å². The predicted octanol–water partition coefficient (Wildman–Crippen LogP) is 1.64. The number of rotatable bonds is 6. The van der Waals surface area contributed by atoms with Gasteiger partial charge in [0.05, 0.1) is 11.8 Å². The van der Waals surface area contributed by atoms with E-state index in [0.29, 0.717) is 12.1 Å². The van der Waals surface area contributed by atoms with E-state index in [-0.39, 0.29) is 42.7 Å². The summed E-state index contributed by atoms with van der Waals surface area (Å²) in [5.74, 6) is -2.24. The zero-order valence-corrected chi connectivity index (χ0v) is 18.0. The summed E-state index contributed by atoms with van der Waals surface area (Å²) >= 11 is 0. The van der Waals surface area contributed by atoms with Crippen LogP contribution in [0.5, 0.6) is 0 Å². The van der Waals surface area contributed by atoms with Crippen LogP contribution in [0.15, 0.2) is 30.4 Å². The lowest BCUT2D eigenvalue weighted by Crippen LogP contribution is -2.45. The van der Waals surface area contributed by atoms with Crippen LogP contribution in [0.4, 0.5) is 5.69 Å². The molecule has 0 unspecified atom stereocenters. The van der Waals surface area contributed by atoms with Gasteiger partial charge in [-0.25, -0.2) is 0 Å². The van der Waals surface area contributed by atoms with E-state index in [1.54, 1.807) is 11.9 Å². The number of likely N-dealkylation sites (tertiary alicyclic amines) is 1. The number of nitrogens with one attached hydrogen (secondary N) is 2. The maximum absolute atomic E-state index is 13.4. The Bertz CT molecular complexity index is 866.